The van der Waals surface area contributed by atoms with Crippen molar-refractivity contribution in [1.82, 2.24) is 14.9 Å². The van der Waals surface area contributed by atoms with Crippen molar-refractivity contribution >= 4 is 32.7 Å². The van der Waals surface area contributed by atoms with Crippen LogP contribution in [0.5, 0.6) is 0 Å². The summed E-state index contributed by atoms with van der Waals surface area (Å²) in [4.78, 5) is 39.5. The van der Waals surface area contributed by atoms with Gasteiger partial charge in [0.05, 0.1) is 10.9 Å². The van der Waals surface area contributed by atoms with Crippen LogP contribution in [0.15, 0.2) is 62.6 Å². The summed E-state index contributed by atoms with van der Waals surface area (Å²) in [5.41, 5.74) is 0.481. The lowest BCUT2D eigenvalue weighted by molar-refractivity contribution is -0.122. The number of nitrogens with zero attached hydrogens (tertiary/aromatic N) is 1. The van der Waals surface area contributed by atoms with Gasteiger partial charge in [0.2, 0.25) is 5.91 Å². The number of benzene rings is 2. The van der Waals surface area contributed by atoms with Crippen LogP contribution in [0.3, 0.4) is 0 Å². The van der Waals surface area contributed by atoms with Crippen LogP contribution in [0.4, 0.5) is 0 Å². The molecule has 3 rings (SSSR count). The molecule has 1 unspecified atom stereocenters. The summed E-state index contributed by atoms with van der Waals surface area (Å²) in [7, 11) is 0. The number of para-hydroxylation sites is 1. The van der Waals surface area contributed by atoms with Crippen molar-refractivity contribution in [2.45, 2.75) is 25.9 Å². The summed E-state index contributed by atoms with van der Waals surface area (Å²) in [6.07, 6.45) is 0.655. The van der Waals surface area contributed by atoms with E-state index in [1.807, 2.05) is 31.2 Å². The van der Waals surface area contributed by atoms with Gasteiger partial charge in [-0.05, 0) is 43.2 Å². The van der Waals surface area contributed by atoms with Crippen LogP contribution in [0.1, 0.15) is 12.5 Å². The summed E-state index contributed by atoms with van der Waals surface area (Å²) in [6, 6.07) is 14.4. The lowest BCUT2D eigenvalue weighted by atomic mass is 10.1. The second-order valence-electron chi connectivity index (χ2n) is 6.17. The van der Waals surface area contributed by atoms with E-state index < -0.39 is 11.2 Å². The zero-order valence-corrected chi connectivity index (χ0v) is 15.7. The molecule has 6 nitrogen and oxygen atoms in total. The number of H-pyrrole nitrogens is 1. The molecule has 0 radical (unpaired) electrons. The second kappa shape index (κ2) is 7.70. The minimum Gasteiger partial charge on any atom is -0.352 e. The first-order valence-corrected chi connectivity index (χ1v) is 8.99. The van der Waals surface area contributed by atoms with E-state index in [2.05, 4.69) is 26.2 Å². The van der Waals surface area contributed by atoms with E-state index in [9.17, 15) is 14.4 Å². The highest BCUT2D eigenvalue weighted by Gasteiger charge is 2.13. The second-order valence-corrected chi connectivity index (χ2v) is 7.08. The predicted octanol–water partition coefficient (Wildman–Crippen LogP) is 2.20. The summed E-state index contributed by atoms with van der Waals surface area (Å²) < 4.78 is 1.91. The quantitative estimate of drug-likeness (QED) is 0.669. The molecule has 1 aromatic heterocycles. The van der Waals surface area contributed by atoms with E-state index in [4.69, 9.17) is 0 Å². The van der Waals surface area contributed by atoms with Crippen molar-refractivity contribution in [1.29, 1.82) is 0 Å². The van der Waals surface area contributed by atoms with Gasteiger partial charge in [-0.1, -0.05) is 40.2 Å². The molecule has 1 heterocycles. The van der Waals surface area contributed by atoms with Gasteiger partial charge in [-0.15, -0.1) is 0 Å². The van der Waals surface area contributed by atoms with Crippen molar-refractivity contribution < 1.29 is 4.79 Å². The molecule has 0 aliphatic rings. The maximum Gasteiger partial charge on any atom is 0.329 e. The third-order valence-corrected chi connectivity index (χ3v) is 4.58. The van der Waals surface area contributed by atoms with Gasteiger partial charge in [0, 0.05) is 10.5 Å². The Morgan fingerprint density at radius 3 is 2.58 bits per heavy atom. The topological polar surface area (TPSA) is 84.0 Å². The smallest absolute Gasteiger partial charge is 0.329 e. The Hall–Kier alpha value is -2.67. The van der Waals surface area contributed by atoms with Crippen LogP contribution in [0.25, 0.3) is 10.9 Å². The molecule has 3 aromatic rings. The molecule has 2 aromatic carbocycles. The van der Waals surface area contributed by atoms with Gasteiger partial charge in [0.15, 0.2) is 0 Å². The highest BCUT2D eigenvalue weighted by Crippen LogP contribution is 2.11. The van der Waals surface area contributed by atoms with Crippen molar-refractivity contribution in [3.8, 4) is 0 Å². The fraction of sp³-hybridized carbons (Fsp3) is 0.211. The molecule has 0 bridgehead atoms. The Morgan fingerprint density at radius 1 is 1.15 bits per heavy atom. The number of amides is 1. The van der Waals surface area contributed by atoms with Crippen LogP contribution >= 0.6 is 15.9 Å². The number of rotatable bonds is 5. The molecule has 2 N–H and O–H groups in total. The number of hydrogen-bond acceptors (Lipinski definition) is 3. The van der Waals surface area contributed by atoms with Crippen molar-refractivity contribution in [3.05, 3.63) is 79.4 Å². The molecular formula is C19H18BrN3O3. The van der Waals surface area contributed by atoms with Crippen LogP contribution in [-0.4, -0.2) is 21.5 Å². The van der Waals surface area contributed by atoms with E-state index in [0.29, 0.717) is 17.3 Å². The van der Waals surface area contributed by atoms with Gasteiger partial charge in [0.25, 0.3) is 5.56 Å². The summed E-state index contributed by atoms with van der Waals surface area (Å²) in [5, 5.41) is 3.21. The van der Waals surface area contributed by atoms with E-state index in [1.54, 1.807) is 24.3 Å². The average Bonchev–Trinajstić information content (AvgIpc) is 2.60. The summed E-state index contributed by atoms with van der Waals surface area (Å²) in [6.45, 7) is 1.57. The normalized spacial score (nSPS) is 12.1. The van der Waals surface area contributed by atoms with Gasteiger partial charge in [-0.25, -0.2) is 4.79 Å². The van der Waals surface area contributed by atoms with Crippen molar-refractivity contribution in [3.63, 3.8) is 0 Å². The Labute approximate surface area is 158 Å². The van der Waals surface area contributed by atoms with Crippen LogP contribution < -0.4 is 16.6 Å². The zero-order chi connectivity index (χ0) is 18.7. The molecule has 0 saturated heterocycles. The molecule has 134 valence electrons. The molecule has 0 saturated carbocycles. The SMILES string of the molecule is CC(Cc1ccc(Br)cc1)NC(=O)Cn1c(=O)[nH]c2ccccc2c1=O. The molecule has 0 aliphatic heterocycles. The first kappa shape index (κ1) is 18.1. The number of halogens is 1. The number of hydrogen-bond donors (Lipinski definition) is 2. The predicted molar refractivity (Wildman–Crippen MR) is 104 cm³/mol. The molecule has 0 aliphatic carbocycles. The maximum atomic E-state index is 12.5. The standard InChI is InChI=1S/C19H18BrN3O3/c1-12(10-13-6-8-14(20)9-7-13)21-17(24)11-23-18(25)15-4-2-3-5-16(15)22-19(23)26/h2-9,12H,10-11H2,1H3,(H,21,24)(H,22,26). The number of carbonyl (C=O) groups excluding carboxylic acids is 1. The number of aromatic amines is 1. The van der Waals surface area contributed by atoms with E-state index in [1.165, 1.54) is 0 Å². The highest BCUT2D eigenvalue weighted by molar-refractivity contribution is 9.10. The Balaban J connectivity index is 1.72. The third-order valence-electron chi connectivity index (χ3n) is 4.05. The minimum absolute atomic E-state index is 0.126. The number of fused-ring (bicyclic) bond motifs is 1. The first-order valence-electron chi connectivity index (χ1n) is 8.19. The lowest BCUT2D eigenvalue weighted by Crippen LogP contribution is -2.43. The fourth-order valence-corrected chi connectivity index (χ4v) is 3.10. The number of nitrogens with one attached hydrogen (secondary N) is 2. The van der Waals surface area contributed by atoms with Crippen molar-refractivity contribution in [2.24, 2.45) is 0 Å². The summed E-state index contributed by atoms with van der Waals surface area (Å²) >= 11 is 3.39. The zero-order valence-electron chi connectivity index (χ0n) is 14.2. The number of aromatic nitrogens is 2. The summed E-state index contributed by atoms with van der Waals surface area (Å²) in [5.74, 6) is -0.377. The fourth-order valence-electron chi connectivity index (χ4n) is 2.83. The Morgan fingerprint density at radius 2 is 1.85 bits per heavy atom. The van der Waals surface area contributed by atoms with E-state index in [-0.39, 0.29) is 18.5 Å². The molecule has 0 spiro atoms. The molecule has 0 fully saturated rings. The van der Waals surface area contributed by atoms with Crippen LogP contribution in [-0.2, 0) is 17.8 Å². The van der Waals surface area contributed by atoms with E-state index >= 15 is 0 Å². The van der Waals surface area contributed by atoms with Crippen LogP contribution in [0.2, 0.25) is 0 Å². The van der Waals surface area contributed by atoms with Crippen LogP contribution in [0, 0.1) is 0 Å². The Bertz CT molecular complexity index is 1050. The molecular weight excluding hydrogens is 398 g/mol. The van der Waals surface area contributed by atoms with Gasteiger partial charge >= 0.3 is 5.69 Å². The number of carbonyl (C=O) groups is 1. The van der Waals surface area contributed by atoms with E-state index in [0.717, 1.165) is 14.6 Å². The van der Waals surface area contributed by atoms with Crippen molar-refractivity contribution in [2.75, 3.05) is 0 Å². The maximum absolute atomic E-state index is 12.5. The average molecular weight is 416 g/mol. The highest BCUT2D eigenvalue weighted by atomic mass is 79.9. The minimum atomic E-state index is -0.593. The monoisotopic (exact) mass is 415 g/mol. The molecule has 7 heteroatoms. The Kier molecular flexibility index (Phi) is 5.37. The molecule has 1 atom stereocenters. The lowest BCUT2D eigenvalue weighted by Gasteiger charge is -2.14. The van der Waals surface area contributed by atoms with Gasteiger partial charge in [0.1, 0.15) is 6.54 Å². The van der Waals surface area contributed by atoms with Gasteiger partial charge in [-0.3, -0.25) is 14.2 Å². The largest absolute Gasteiger partial charge is 0.352 e. The van der Waals surface area contributed by atoms with Gasteiger partial charge < -0.3 is 10.3 Å². The molecule has 26 heavy (non-hydrogen) atoms. The third kappa shape index (κ3) is 4.11. The first-order chi connectivity index (χ1) is 12.4. The molecule has 1 amide bonds. The van der Waals surface area contributed by atoms with Gasteiger partial charge in [-0.2, -0.15) is 0 Å².